The summed E-state index contributed by atoms with van der Waals surface area (Å²) in [6, 6.07) is 11.2. The van der Waals surface area contributed by atoms with Gasteiger partial charge in [0.25, 0.3) is 0 Å². The molecular formula is C23H25N3O5S. The Morgan fingerprint density at radius 2 is 1.91 bits per heavy atom. The number of carbonyl (C=O) groups is 1. The smallest absolute Gasteiger partial charge is 0.315 e. The Morgan fingerprint density at radius 3 is 2.47 bits per heavy atom. The largest absolute Gasteiger partial charge is 0.493 e. The highest BCUT2D eigenvalue weighted by Crippen LogP contribution is 2.42. The molecule has 0 aliphatic carbocycles. The van der Waals surface area contributed by atoms with Crippen molar-refractivity contribution in [3.05, 3.63) is 75.0 Å². The third-order valence-corrected chi connectivity index (χ3v) is 5.67. The van der Waals surface area contributed by atoms with Crippen molar-refractivity contribution in [1.29, 1.82) is 0 Å². The first-order valence-corrected chi connectivity index (χ1v) is 10.5. The summed E-state index contributed by atoms with van der Waals surface area (Å²) in [6.45, 7) is 4.52. The number of nitro benzene ring substituents is 1. The van der Waals surface area contributed by atoms with Crippen LogP contribution in [0.25, 0.3) is 0 Å². The number of nitrogens with zero attached hydrogens (tertiary/aromatic N) is 2. The van der Waals surface area contributed by atoms with E-state index in [0.717, 1.165) is 6.42 Å². The van der Waals surface area contributed by atoms with Gasteiger partial charge in [-0.3, -0.25) is 14.9 Å². The molecule has 1 unspecified atom stereocenters. The highest BCUT2D eigenvalue weighted by atomic mass is 32.1. The second-order valence-electron chi connectivity index (χ2n) is 7.26. The number of methoxy groups -OCH3 is 2. The molecule has 1 atom stereocenters. The molecule has 0 bridgehead atoms. The second-order valence-corrected chi connectivity index (χ2v) is 7.65. The molecule has 0 amide bonds. The molecule has 168 valence electrons. The lowest BCUT2D eigenvalue weighted by molar-refractivity contribution is -0.385. The fourth-order valence-electron chi connectivity index (χ4n) is 3.83. The summed E-state index contributed by atoms with van der Waals surface area (Å²) in [6.07, 6.45) is 0.832. The van der Waals surface area contributed by atoms with Crippen molar-refractivity contribution in [2.24, 2.45) is 0 Å². The fraction of sp³-hybridized carbons (Fsp3) is 0.304. The number of nitrogens with one attached hydrogen (secondary N) is 1. The van der Waals surface area contributed by atoms with Gasteiger partial charge in [-0.15, -0.1) is 0 Å². The maximum Gasteiger partial charge on any atom is 0.315 e. The number of carbonyl (C=O) groups excluding carboxylic acids is 1. The molecule has 0 fully saturated rings. The molecule has 2 aromatic rings. The summed E-state index contributed by atoms with van der Waals surface area (Å²) in [7, 11) is 2.75. The minimum atomic E-state index is -0.693. The van der Waals surface area contributed by atoms with E-state index in [0.29, 0.717) is 34.1 Å². The quantitative estimate of drug-likeness (QED) is 0.271. The molecule has 8 nitrogen and oxygen atoms in total. The van der Waals surface area contributed by atoms with Gasteiger partial charge in [0.15, 0.2) is 16.6 Å². The normalized spacial score (nSPS) is 15.9. The lowest BCUT2D eigenvalue weighted by Gasteiger charge is -2.38. The van der Waals surface area contributed by atoms with Gasteiger partial charge < -0.3 is 19.7 Å². The first-order valence-electron chi connectivity index (χ1n) is 10.1. The number of allylic oxidation sites excluding steroid dienone is 1. The van der Waals surface area contributed by atoms with Crippen LogP contribution in [0.5, 0.6) is 11.5 Å². The molecule has 1 N–H and O–H groups in total. The Kier molecular flexibility index (Phi) is 7.09. The van der Waals surface area contributed by atoms with E-state index >= 15 is 0 Å². The summed E-state index contributed by atoms with van der Waals surface area (Å²) in [5.41, 5.74) is 1.93. The number of ether oxygens (including phenoxy) is 2. The number of thiocarbonyl (C=S) groups is 1. The minimum absolute atomic E-state index is 0.0175. The van der Waals surface area contributed by atoms with E-state index in [2.05, 4.69) is 5.32 Å². The molecule has 0 saturated heterocycles. The average Bonchev–Trinajstić information content (AvgIpc) is 2.80. The third kappa shape index (κ3) is 4.29. The van der Waals surface area contributed by atoms with E-state index < -0.39 is 11.0 Å². The van der Waals surface area contributed by atoms with Crippen LogP contribution >= 0.6 is 12.2 Å². The Hall–Kier alpha value is -3.46. The molecule has 0 saturated carbocycles. The minimum Gasteiger partial charge on any atom is -0.493 e. The van der Waals surface area contributed by atoms with E-state index in [9.17, 15) is 14.9 Å². The predicted octanol–water partition coefficient (Wildman–Crippen LogP) is 4.41. The monoisotopic (exact) mass is 455 g/mol. The highest BCUT2D eigenvalue weighted by Gasteiger charge is 2.36. The highest BCUT2D eigenvalue weighted by molar-refractivity contribution is 7.80. The fourth-order valence-corrected chi connectivity index (χ4v) is 4.18. The molecule has 2 aromatic carbocycles. The zero-order chi connectivity index (χ0) is 23.4. The van der Waals surface area contributed by atoms with Gasteiger partial charge in [-0.25, -0.2) is 0 Å². The van der Waals surface area contributed by atoms with Crippen molar-refractivity contribution in [2.75, 3.05) is 20.8 Å². The number of rotatable bonds is 8. The van der Waals surface area contributed by atoms with Crippen LogP contribution in [0.15, 0.2) is 53.7 Å². The van der Waals surface area contributed by atoms with Crippen molar-refractivity contribution in [1.82, 2.24) is 10.2 Å². The van der Waals surface area contributed by atoms with Gasteiger partial charge in [-0.2, -0.15) is 0 Å². The van der Waals surface area contributed by atoms with Crippen LogP contribution in [0, 0.1) is 10.1 Å². The third-order valence-electron chi connectivity index (χ3n) is 5.34. The summed E-state index contributed by atoms with van der Waals surface area (Å²) in [5, 5.41) is 15.4. The number of ketones is 1. The van der Waals surface area contributed by atoms with Gasteiger partial charge in [0.2, 0.25) is 5.75 Å². The number of nitro groups is 1. The first-order chi connectivity index (χ1) is 15.3. The number of hydrogen-bond donors (Lipinski definition) is 1. The lowest BCUT2D eigenvalue weighted by atomic mass is 9.88. The van der Waals surface area contributed by atoms with Gasteiger partial charge in [-0.1, -0.05) is 37.3 Å². The van der Waals surface area contributed by atoms with Gasteiger partial charge in [0, 0.05) is 29.4 Å². The molecule has 1 aliphatic rings. The van der Waals surface area contributed by atoms with E-state index in [1.54, 1.807) is 30.3 Å². The van der Waals surface area contributed by atoms with Crippen molar-refractivity contribution in [3.63, 3.8) is 0 Å². The zero-order valence-corrected chi connectivity index (χ0v) is 19.2. The topological polar surface area (TPSA) is 93.9 Å². The van der Waals surface area contributed by atoms with Gasteiger partial charge in [0.1, 0.15) is 0 Å². The lowest BCUT2D eigenvalue weighted by Crippen LogP contribution is -2.47. The molecule has 1 heterocycles. The second kappa shape index (κ2) is 9.78. The van der Waals surface area contributed by atoms with E-state index in [1.807, 2.05) is 24.8 Å². The van der Waals surface area contributed by atoms with Crippen LogP contribution in [0.3, 0.4) is 0 Å². The molecule has 9 heteroatoms. The van der Waals surface area contributed by atoms with E-state index in [1.165, 1.54) is 20.3 Å². The standard InChI is InChI=1S/C23H25N3O5S/c1-5-11-25-14(2)19(21(27)15-9-7-6-8-10-15)20(24-23(25)32)16-12-17(26(28)29)22(31-4)18(13-16)30-3/h6-10,12-13,20H,5,11H2,1-4H3,(H,24,32). The number of hydrogen-bond acceptors (Lipinski definition) is 6. The van der Waals surface area contributed by atoms with E-state index in [-0.39, 0.29) is 23.0 Å². The zero-order valence-electron chi connectivity index (χ0n) is 18.4. The van der Waals surface area contributed by atoms with Crippen molar-refractivity contribution < 1.29 is 19.2 Å². The Bertz CT molecular complexity index is 1080. The summed E-state index contributed by atoms with van der Waals surface area (Å²) < 4.78 is 10.6. The van der Waals surface area contributed by atoms with Gasteiger partial charge in [-0.05, 0) is 37.2 Å². The van der Waals surface area contributed by atoms with Crippen LogP contribution < -0.4 is 14.8 Å². The number of Topliss-reactive ketones (excluding diaryl/α,β-unsaturated/α-hetero) is 1. The van der Waals surface area contributed by atoms with Crippen LogP contribution in [-0.4, -0.2) is 41.5 Å². The molecule has 1 aliphatic heterocycles. The van der Waals surface area contributed by atoms with Crippen molar-refractivity contribution in [2.45, 2.75) is 26.3 Å². The van der Waals surface area contributed by atoms with Crippen LogP contribution in [0.1, 0.15) is 42.2 Å². The molecular weight excluding hydrogens is 430 g/mol. The Balaban J connectivity index is 2.23. The summed E-state index contributed by atoms with van der Waals surface area (Å²) in [4.78, 5) is 26.7. The molecule has 32 heavy (non-hydrogen) atoms. The number of benzene rings is 2. The van der Waals surface area contributed by atoms with Crippen LogP contribution in [0.4, 0.5) is 5.69 Å². The summed E-state index contributed by atoms with van der Waals surface area (Å²) >= 11 is 5.58. The average molecular weight is 456 g/mol. The van der Waals surface area contributed by atoms with Crippen molar-refractivity contribution in [3.8, 4) is 11.5 Å². The molecule has 0 radical (unpaired) electrons. The maximum absolute atomic E-state index is 13.6. The SMILES string of the molecule is CCCN1C(=S)NC(c2cc(OC)c(OC)c([N+](=O)[O-])c2)C(C(=O)c2ccccc2)=C1C. The van der Waals surface area contributed by atoms with Gasteiger partial charge in [0.05, 0.1) is 25.2 Å². The molecule has 3 rings (SSSR count). The van der Waals surface area contributed by atoms with Crippen LogP contribution in [0.2, 0.25) is 0 Å². The van der Waals surface area contributed by atoms with Crippen LogP contribution in [-0.2, 0) is 0 Å². The van der Waals surface area contributed by atoms with E-state index in [4.69, 9.17) is 21.7 Å². The molecule has 0 spiro atoms. The predicted molar refractivity (Wildman–Crippen MR) is 125 cm³/mol. The maximum atomic E-state index is 13.6. The Morgan fingerprint density at radius 1 is 1.22 bits per heavy atom. The Labute approximate surface area is 192 Å². The summed E-state index contributed by atoms with van der Waals surface area (Å²) in [5.74, 6) is 0.0371. The van der Waals surface area contributed by atoms with Crippen molar-refractivity contribution >= 4 is 28.8 Å². The first kappa shape index (κ1) is 23.2. The molecule has 0 aromatic heterocycles. The van der Waals surface area contributed by atoms with Gasteiger partial charge >= 0.3 is 5.69 Å².